The molecule has 3 rings (SSSR count). The van der Waals surface area contributed by atoms with Crippen LogP contribution in [0.1, 0.15) is 0 Å². The zero-order valence-corrected chi connectivity index (χ0v) is 10.6. The topological polar surface area (TPSA) is 87.7 Å². The molecular formula is C12H10N4O2S. The van der Waals surface area contributed by atoms with Crippen molar-refractivity contribution < 1.29 is 8.42 Å². The van der Waals surface area contributed by atoms with Crippen LogP contribution in [-0.2, 0) is 10.0 Å². The van der Waals surface area contributed by atoms with Gasteiger partial charge in [-0.3, -0.25) is 14.8 Å². The van der Waals surface area contributed by atoms with Crippen LogP contribution in [0.3, 0.4) is 0 Å². The number of benzene rings is 1. The van der Waals surface area contributed by atoms with Crippen LogP contribution in [0.25, 0.3) is 10.8 Å². The van der Waals surface area contributed by atoms with Gasteiger partial charge < -0.3 is 0 Å². The van der Waals surface area contributed by atoms with Crippen LogP contribution in [0.4, 0.5) is 5.69 Å². The van der Waals surface area contributed by atoms with Gasteiger partial charge in [0.15, 0.2) is 5.03 Å². The second kappa shape index (κ2) is 4.36. The molecule has 2 heterocycles. The van der Waals surface area contributed by atoms with E-state index in [1.165, 1.54) is 12.3 Å². The number of H-pyrrole nitrogens is 1. The van der Waals surface area contributed by atoms with Crippen molar-refractivity contribution >= 4 is 26.5 Å². The van der Waals surface area contributed by atoms with Gasteiger partial charge in [0, 0.05) is 23.2 Å². The highest BCUT2D eigenvalue weighted by Gasteiger charge is 2.16. The maximum absolute atomic E-state index is 12.1. The average molecular weight is 274 g/mol. The molecule has 0 radical (unpaired) electrons. The smallest absolute Gasteiger partial charge is 0.278 e. The van der Waals surface area contributed by atoms with Gasteiger partial charge >= 0.3 is 0 Å². The summed E-state index contributed by atoms with van der Waals surface area (Å²) in [7, 11) is -3.65. The number of rotatable bonds is 3. The number of anilines is 1. The number of hydrogen-bond donors (Lipinski definition) is 2. The van der Waals surface area contributed by atoms with Crippen LogP contribution in [0.2, 0.25) is 0 Å². The number of sulfonamides is 1. The lowest BCUT2D eigenvalue weighted by molar-refractivity contribution is 0.597. The number of nitrogens with zero attached hydrogens (tertiary/aromatic N) is 2. The fourth-order valence-corrected chi connectivity index (χ4v) is 2.79. The van der Waals surface area contributed by atoms with Gasteiger partial charge in [-0.2, -0.15) is 13.5 Å². The number of aromatic nitrogens is 3. The van der Waals surface area contributed by atoms with Crippen LogP contribution in [0, 0.1) is 0 Å². The van der Waals surface area contributed by atoms with E-state index in [0.29, 0.717) is 5.69 Å². The maximum Gasteiger partial charge on any atom is 0.278 e. The summed E-state index contributed by atoms with van der Waals surface area (Å²) in [6.07, 6.45) is 4.70. The molecule has 19 heavy (non-hydrogen) atoms. The van der Waals surface area contributed by atoms with Crippen molar-refractivity contribution in [2.75, 3.05) is 4.72 Å². The molecule has 0 aliphatic carbocycles. The number of fused-ring (bicyclic) bond motifs is 1. The first-order valence-electron chi connectivity index (χ1n) is 5.52. The fourth-order valence-electron chi connectivity index (χ4n) is 1.80. The molecule has 2 aromatic heterocycles. The highest BCUT2D eigenvalue weighted by molar-refractivity contribution is 7.92. The summed E-state index contributed by atoms with van der Waals surface area (Å²) in [6.45, 7) is 0. The quantitative estimate of drug-likeness (QED) is 0.761. The maximum atomic E-state index is 12.1. The Labute approximate surface area is 109 Å². The predicted molar refractivity (Wildman–Crippen MR) is 71.1 cm³/mol. The SMILES string of the molecule is O=S(=O)(Nc1cccc2cnccc12)c1ccn[nH]1. The van der Waals surface area contributed by atoms with Crippen LogP contribution >= 0.6 is 0 Å². The molecule has 6 nitrogen and oxygen atoms in total. The van der Waals surface area contributed by atoms with E-state index in [1.807, 2.05) is 6.07 Å². The summed E-state index contributed by atoms with van der Waals surface area (Å²) in [5.74, 6) is 0. The Bertz CT molecular complexity index is 807. The molecule has 0 spiro atoms. The monoisotopic (exact) mass is 274 g/mol. The highest BCUT2D eigenvalue weighted by Crippen LogP contribution is 2.24. The third kappa shape index (κ3) is 2.15. The van der Waals surface area contributed by atoms with E-state index in [-0.39, 0.29) is 5.03 Å². The lowest BCUT2D eigenvalue weighted by Crippen LogP contribution is -2.13. The summed E-state index contributed by atoms with van der Waals surface area (Å²) < 4.78 is 26.8. The van der Waals surface area contributed by atoms with E-state index in [9.17, 15) is 8.42 Å². The number of hydrogen-bond acceptors (Lipinski definition) is 4. The van der Waals surface area contributed by atoms with Gasteiger partial charge in [-0.05, 0) is 18.2 Å². The van der Waals surface area contributed by atoms with Gasteiger partial charge in [-0.25, -0.2) is 0 Å². The molecule has 0 bridgehead atoms. The van der Waals surface area contributed by atoms with Gasteiger partial charge in [0.2, 0.25) is 0 Å². The van der Waals surface area contributed by atoms with Crippen molar-refractivity contribution in [3.63, 3.8) is 0 Å². The molecule has 0 saturated heterocycles. The van der Waals surface area contributed by atoms with E-state index < -0.39 is 10.0 Å². The Morgan fingerprint density at radius 3 is 2.79 bits per heavy atom. The molecule has 0 unspecified atom stereocenters. The van der Waals surface area contributed by atoms with Crippen molar-refractivity contribution in [3.8, 4) is 0 Å². The van der Waals surface area contributed by atoms with Crippen molar-refractivity contribution in [3.05, 3.63) is 48.9 Å². The first kappa shape index (κ1) is 11.7. The second-order valence-corrected chi connectivity index (χ2v) is 5.58. The Kier molecular flexibility index (Phi) is 2.68. The minimum Gasteiger partial charge on any atom is -0.278 e. The molecule has 0 amide bonds. The third-order valence-corrected chi connectivity index (χ3v) is 3.98. The zero-order valence-electron chi connectivity index (χ0n) is 9.74. The van der Waals surface area contributed by atoms with Gasteiger partial charge in [0.05, 0.1) is 11.9 Å². The first-order valence-corrected chi connectivity index (χ1v) is 7.00. The Balaban J connectivity index is 2.07. The summed E-state index contributed by atoms with van der Waals surface area (Å²) >= 11 is 0. The first-order chi connectivity index (χ1) is 9.17. The summed E-state index contributed by atoms with van der Waals surface area (Å²) in [5, 5.41) is 7.76. The Morgan fingerprint density at radius 2 is 2.00 bits per heavy atom. The lowest BCUT2D eigenvalue weighted by atomic mass is 10.1. The predicted octanol–water partition coefficient (Wildman–Crippen LogP) is 1.76. The average Bonchev–Trinajstić information content (AvgIpc) is 2.93. The van der Waals surface area contributed by atoms with E-state index in [0.717, 1.165) is 10.8 Å². The van der Waals surface area contributed by atoms with Crippen molar-refractivity contribution in [2.24, 2.45) is 0 Å². The standard InChI is InChI=1S/C12H10N4O2S/c17-19(18,12-5-7-14-15-12)16-11-3-1-2-9-8-13-6-4-10(9)11/h1-8,16H,(H,14,15). The molecule has 7 heteroatoms. The second-order valence-electron chi connectivity index (χ2n) is 3.93. The molecule has 2 N–H and O–H groups in total. The number of pyridine rings is 1. The van der Waals surface area contributed by atoms with Gasteiger partial charge in [-0.15, -0.1) is 0 Å². The van der Waals surface area contributed by atoms with Crippen LogP contribution in [0.15, 0.2) is 53.9 Å². The molecular weight excluding hydrogens is 264 g/mol. The molecule has 0 fully saturated rings. The molecule has 0 saturated carbocycles. The molecule has 1 aromatic carbocycles. The van der Waals surface area contributed by atoms with Crippen LogP contribution in [-0.4, -0.2) is 23.6 Å². The number of nitrogens with one attached hydrogen (secondary N) is 2. The number of aromatic amines is 1. The Morgan fingerprint density at radius 1 is 1.11 bits per heavy atom. The zero-order chi connectivity index (χ0) is 13.3. The van der Waals surface area contributed by atoms with Crippen molar-refractivity contribution in [1.82, 2.24) is 15.2 Å². The van der Waals surface area contributed by atoms with Crippen molar-refractivity contribution in [1.29, 1.82) is 0 Å². The summed E-state index contributed by atoms with van der Waals surface area (Å²) in [6, 6.07) is 8.51. The van der Waals surface area contributed by atoms with Gasteiger partial charge in [0.25, 0.3) is 10.0 Å². The van der Waals surface area contributed by atoms with Crippen LogP contribution in [0.5, 0.6) is 0 Å². The van der Waals surface area contributed by atoms with E-state index in [1.54, 1.807) is 30.6 Å². The van der Waals surface area contributed by atoms with Crippen molar-refractivity contribution in [2.45, 2.75) is 5.03 Å². The van der Waals surface area contributed by atoms with Crippen LogP contribution < -0.4 is 4.72 Å². The van der Waals surface area contributed by atoms with E-state index >= 15 is 0 Å². The lowest BCUT2D eigenvalue weighted by Gasteiger charge is -2.08. The normalized spacial score (nSPS) is 11.6. The van der Waals surface area contributed by atoms with E-state index in [2.05, 4.69) is 19.9 Å². The van der Waals surface area contributed by atoms with Gasteiger partial charge in [-0.1, -0.05) is 12.1 Å². The molecule has 96 valence electrons. The fraction of sp³-hybridized carbons (Fsp3) is 0. The molecule has 3 aromatic rings. The minimum absolute atomic E-state index is 0.0264. The highest BCUT2D eigenvalue weighted by atomic mass is 32.2. The molecule has 0 aliphatic heterocycles. The van der Waals surface area contributed by atoms with E-state index in [4.69, 9.17) is 0 Å². The Hall–Kier alpha value is -2.41. The van der Waals surface area contributed by atoms with Gasteiger partial charge in [0.1, 0.15) is 0 Å². The minimum atomic E-state index is -3.65. The largest absolute Gasteiger partial charge is 0.278 e. The third-order valence-electron chi connectivity index (χ3n) is 2.69. The molecule has 0 atom stereocenters. The summed E-state index contributed by atoms with van der Waals surface area (Å²) in [5.41, 5.74) is 0.509. The molecule has 0 aliphatic rings. The summed E-state index contributed by atoms with van der Waals surface area (Å²) in [4.78, 5) is 4.01.